The van der Waals surface area contributed by atoms with Gasteiger partial charge in [0, 0.05) is 13.1 Å². The van der Waals surface area contributed by atoms with Crippen molar-refractivity contribution in [2.75, 3.05) is 24.2 Å². The largest absolute Gasteiger partial charge is 0.355 e. The summed E-state index contributed by atoms with van der Waals surface area (Å²) in [6.07, 6.45) is 8.47. The van der Waals surface area contributed by atoms with E-state index in [-0.39, 0.29) is 5.28 Å². The van der Waals surface area contributed by atoms with E-state index < -0.39 is 0 Å². The van der Waals surface area contributed by atoms with Crippen LogP contribution in [0.4, 0.5) is 5.82 Å². The zero-order valence-electron chi connectivity index (χ0n) is 11.3. The zero-order valence-corrected chi connectivity index (χ0v) is 12.9. The van der Waals surface area contributed by atoms with E-state index in [2.05, 4.69) is 24.8 Å². The Morgan fingerprint density at radius 2 is 1.80 bits per heavy atom. The standard InChI is InChI=1S/C13H16ClN5S/c1-20-12-10-9(15-8-16-12)11(18-13(14)17-10)19-6-4-2-3-5-7-19/h8H,2-7H2,1H3. The molecule has 0 saturated carbocycles. The SMILES string of the molecule is CSc1ncnc2c(N3CCCCCC3)nc(Cl)nc12. The first-order valence-corrected chi connectivity index (χ1v) is 8.37. The van der Waals surface area contributed by atoms with E-state index in [0.717, 1.165) is 35.0 Å². The predicted molar refractivity (Wildman–Crippen MR) is 82.6 cm³/mol. The molecule has 0 aromatic carbocycles. The lowest BCUT2D eigenvalue weighted by Gasteiger charge is -2.22. The molecule has 1 aliphatic heterocycles. The Labute approximate surface area is 127 Å². The summed E-state index contributed by atoms with van der Waals surface area (Å²) >= 11 is 7.65. The van der Waals surface area contributed by atoms with Crippen molar-refractivity contribution in [3.8, 4) is 0 Å². The van der Waals surface area contributed by atoms with Crippen LogP contribution in [0, 0.1) is 0 Å². The maximum Gasteiger partial charge on any atom is 0.225 e. The Morgan fingerprint density at radius 3 is 2.50 bits per heavy atom. The Morgan fingerprint density at radius 1 is 1.05 bits per heavy atom. The Hall–Kier alpha value is -1.14. The number of aromatic nitrogens is 4. The maximum absolute atomic E-state index is 6.10. The van der Waals surface area contributed by atoms with Gasteiger partial charge in [-0.1, -0.05) is 12.8 Å². The maximum atomic E-state index is 6.10. The predicted octanol–water partition coefficient (Wildman–Crippen LogP) is 3.18. The molecule has 7 heteroatoms. The first-order valence-electron chi connectivity index (χ1n) is 6.77. The van der Waals surface area contributed by atoms with Crippen molar-refractivity contribution < 1.29 is 0 Å². The van der Waals surface area contributed by atoms with Crippen LogP contribution in [-0.2, 0) is 0 Å². The van der Waals surface area contributed by atoms with Crippen LogP contribution in [0.25, 0.3) is 11.0 Å². The van der Waals surface area contributed by atoms with Crippen LogP contribution in [0.1, 0.15) is 25.7 Å². The Bertz CT molecular complexity index is 613. The molecule has 106 valence electrons. The van der Waals surface area contributed by atoms with E-state index in [9.17, 15) is 0 Å². The molecule has 1 fully saturated rings. The van der Waals surface area contributed by atoms with Gasteiger partial charge in [-0.15, -0.1) is 11.8 Å². The highest BCUT2D eigenvalue weighted by atomic mass is 35.5. The highest BCUT2D eigenvalue weighted by molar-refractivity contribution is 7.98. The summed E-state index contributed by atoms with van der Waals surface area (Å²) in [5.74, 6) is 0.847. The summed E-state index contributed by atoms with van der Waals surface area (Å²) in [5.41, 5.74) is 1.55. The van der Waals surface area contributed by atoms with Gasteiger partial charge in [0.25, 0.3) is 0 Å². The topological polar surface area (TPSA) is 54.8 Å². The van der Waals surface area contributed by atoms with Crippen molar-refractivity contribution >= 4 is 40.2 Å². The third-order valence-electron chi connectivity index (χ3n) is 3.50. The number of thioether (sulfide) groups is 1. The highest BCUT2D eigenvalue weighted by Crippen LogP contribution is 2.29. The van der Waals surface area contributed by atoms with Crippen LogP contribution in [0.2, 0.25) is 5.28 Å². The van der Waals surface area contributed by atoms with Gasteiger partial charge in [0.15, 0.2) is 5.82 Å². The molecular formula is C13H16ClN5S. The smallest absolute Gasteiger partial charge is 0.225 e. The Kier molecular flexibility index (Phi) is 4.21. The molecule has 5 nitrogen and oxygen atoms in total. The van der Waals surface area contributed by atoms with Gasteiger partial charge in [-0.05, 0) is 30.7 Å². The minimum atomic E-state index is 0.266. The molecule has 0 radical (unpaired) electrons. The first-order chi connectivity index (χ1) is 9.79. The molecule has 20 heavy (non-hydrogen) atoms. The molecule has 0 bridgehead atoms. The average molecular weight is 310 g/mol. The van der Waals surface area contributed by atoms with Gasteiger partial charge >= 0.3 is 0 Å². The van der Waals surface area contributed by atoms with E-state index in [4.69, 9.17) is 11.6 Å². The average Bonchev–Trinajstić information content (AvgIpc) is 2.74. The van der Waals surface area contributed by atoms with Crippen LogP contribution in [-0.4, -0.2) is 39.3 Å². The molecule has 0 amide bonds. The minimum Gasteiger partial charge on any atom is -0.355 e. The number of nitrogens with zero attached hydrogens (tertiary/aromatic N) is 5. The molecule has 0 unspecified atom stereocenters. The summed E-state index contributed by atoms with van der Waals surface area (Å²) in [7, 11) is 0. The molecule has 0 atom stereocenters. The van der Waals surface area contributed by atoms with Crippen LogP contribution >= 0.6 is 23.4 Å². The van der Waals surface area contributed by atoms with E-state index in [1.54, 1.807) is 18.1 Å². The summed E-state index contributed by atoms with van der Waals surface area (Å²) < 4.78 is 0. The summed E-state index contributed by atoms with van der Waals surface area (Å²) in [6, 6.07) is 0. The third-order valence-corrected chi connectivity index (χ3v) is 4.36. The second kappa shape index (κ2) is 6.10. The molecule has 1 saturated heterocycles. The van der Waals surface area contributed by atoms with Gasteiger partial charge in [-0.25, -0.2) is 15.0 Å². The fourth-order valence-corrected chi connectivity index (χ4v) is 3.19. The van der Waals surface area contributed by atoms with Gasteiger partial charge in [0.1, 0.15) is 22.4 Å². The fraction of sp³-hybridized carbons (Fsp3) is 0.538. The molecule has 0 N–H and O–H groups in total. The van der Waals surface area contributed by atoms with Gasteiger partial charge < -0.3 is 4.90 Å². The van der Waals surface area contributed by atoms with Crippen LogP contribution in [0.5, 0.6) is 0 Å². The minimum absolute atomic E-state index is 0.266. The monoisotopic (exact) mass is 309 g/mol. The second-order valence-corrected chi connectivity index (χ2v) is 5.93. The molecule has 2 aromatic rings. The summed E-state index contributed by atoms with van der Waals surface area (Å²) in [4.78, 5) is 19.7. The Balaban J connectivity index is 2.13. The van der Waals surface area contributed by atoms with Crippen LogP contribution in [0.3, 0.4) is 0 Å². The number of halogens is 1. The molecular weight excluding hydrogens is 294 g/mol. The molecule has 3 rings (SSSR count). The fourth-order valence-electron chi connectivity index (χ4n) is 2.54. The van der Waals surface area contributed by atoms with Crippen molar-refractivity contribution in [2.45, 2.75) is 30.7 Å². The van der Waals surface area contributed by atoms with Crippen molar-refractivity contribution in [1.29, 1.82) is 0 Å². The first kappa shape index (κ1) is 13.8. The summed E-state index contributed by atoms with van der Waals surface area (Å²) in [6.45, 7) is 2.00. The number of hydrogen-bond acceptors (Lipinski definition) is 6. The zero-order chi connectivity index (χ0) is 13.9. The molecule has 0 spiro atoms. The van der Waals surface area contributed by atoms with E-state index in [1.807, 2.05) is 6.26 Å². The number of rotatable bonds is 2. The number of fused-ring (bicyclic) bond motifs is 1. The van der Waals surface area contributed by atoms with Crippen molar-refractivity contribution in [1.82, 2.24) is 19.9 Å². The van der Waals surface area contributed by atoms with Gasteiger partial charge in [0.05, 0.1) is 0 Å². The van der Waals surface area contributed by atoms with Crippen molar-refractivity contribution in [3.63, 3.8) is 0 Å². The molecule has 3 heterocycles. The van der Waals surface area contributed by atoms with E-state index in [1.165, 1.54) is 25.7 Å². The second-order valence-electron chi connectivity index (χ2n) is 4.80. The molecule has 1 aliphatic rings. The highest BCUT2D eigenvalue weighted by Gasteiger charge is 2.18. The molecule has 2 aromatic heterocycles. The normalized spacial score (nSPS) is 16.4. The quantitative estimate of drug-likeness (QED) is 0.482. The number of hydrogen-bond donors (Lipinski definition) is 0. The van der Waals surface area contributed by atoms with E-state index in [0.29, 0.717) is 0 Å². The lowest BCUT2D eigenvalue weighted by Crippen LogP contribution is -2.25. The van der Waals surface area contributed by atoms with Crippen LogP contribution in [0.15, 0.2) is 11.4 Å². The van der Waals surface area contributed by atoms with E-state index >= 15 is 0 Å². The van der Waals surface area contributed by atoms with Crippen molar-refractivity contribution in [2.24, 2.45) is 0 Å². The third kappa shape index (κ3) is 2.67. The van der Waals surface area contributed by atoms with Crippen molar-refractivity contribution in [3.05, 3.63) is 11.6 Å². The lowest BCUT2D eigenvalue weighted by molar-refractivity contribution is 0.726. The van der Waals surface area contributed by atoms with Gasteiger partial charge in [0.2, 0.25) is 5.28 Å². The van der Waals surface area contributed by atoms with Gasteiger partial charge in [-0.2, -0.15) is 4.98 Å². The lowest BCUT2D eigenvalue weighted by atomic mass is 10.2. The number of anilines is 1. The van der Waals surface area contributed by atoms with Crippen LogP contribution < -0.4 is 4.90 Å². The molecule has 0 aliphatic carbocycles. The van der Waals surface area contributed by atoms with Gasteiger partial charge in [-0.3, -0.25) is 0 Å². The summed E-state index contributed by atoms with van der Waals surface area (Å²) in [5, 5.41) is 1.11.